The summed E-state index contributed by atoms with van der Waals surface area (Å²) in [5.74, 6) is 0. The molecule has 102 valence electrons. The van der Waals surface area contributed by atoms with E-state index in [4.69, 9.17) is 5.73 Å². The smallest absolute Gasteiger partial charge is 0.0320 e. The summed E-state index contributed by atoms with van der Waals surface area (Å²) < 4.78 is 0. The van der Waals surface area contributed by atoms with E-state index in [-0.39, 0.29) is 0 Å². The molecule has 2 N–H and O–H groups in total. The third kappa shape index (κ3) is 3.21. The summed E-state index contributed by atoms with van der Waals surface area (Å²) >= 11 is 0. The van der Waals surface area contributed by atoms with Crippen LogP contribution in [0.1, 0.15) is 11.1 Å². The number of nitrogen functional groups attached to an aromatic ring is 1. The van der Waals surface area contributed by atoms with Crippen molar-refractivity contribution in [3.05, 3.63) is 90.0 Å². The highest BCUT2D eigenvalue weighted by atomic mass is 14.5. The van der Waals surface area contributed by atoms with Gasteiger partial charge in [-0.25, -0.2) is 0 Å². The van der Waals surface area contributed by atoms with Gasteiger partial charge in [0.1, 0.15) is 0 Å². The van der Waals surface area contributed by atoms with Crippen LogP contribution >= 0.6 is 0 Å². The Hall–Kier alpha value is -2.80. The average molecular weight is 271 g/mol. The van der Waals surface area contributed by atoms with Gasteiger partial charge in [-0.15, -0.1) is 0 Å². The highest BCUT2D eigenvalue weighted by Crippen LogP contribution is 2.27. The molecule has 0 aliphatic carbocycles. The Morgan fingerprint density at radius 3 is 2.05 bits per heavy atom. The van der Waals surface area contributed by atoms with Crippen molar-refractivity contribution in [1.82, 2.24) is 0 Å². The molecule has 0 bridgehead atoms. The molecule has 0 heterocycles. The maximum absolute atomic E-state index is 5.94. The second-order valence-corrected chi connectivity index (χ2v) is 4.96. The number of benzene rings is 3. The van der Waals surface area contributed by atoms with Crippen LogP contribution in [-0.2, 0) is 0 Å². The Morgan fingerprint density at radius 2 is 1.33 bits per heavy atom. The van der Waals surface area contributed by atoms with Gasteiger partial charge in [0.25, 0.3) is 0 Å². The predicted octanol–water partition coefficient (Wildman–Crippen LogP) is 5.11. The lowest BCUT2D eigenvalue weighted by Gasteiger charge is -2.07. The summed E-state index contributed by atoms with van der Waals surface area (Å²) in [5, 5.41) is 0. The molecule has 0 saturated carbocycles. The Balaban J connectivity index is 2.02. The number of anilines is 1. The Kier molecular flexibility index (Phi) is 3.83. The van der Waals surface area contributed by atoms with Crippen LogP contribution in [0.5, 0.6) is 0 Å². The van der Waals surface area contributed by atoms with E-state index in [1.807, 2.05) is 36.4 Å². The third-order valence-corrected chi connectivity index (χ3v) is 3.42. The van der Waals surface area contributed by atoms with Crippen LogP contribution in [0.2, 0.25) is 0 Å². The second kappa shape index (κ2) is 6.10. The molecular weight excluding hydrogens is 254 g/mol. The largest absolute Gasteiger partial charge is 0.399 e. The Labute approximate surface area is 125 Å². The first kappa shape index (κ1) is 13.2. The summed E-state index contributed by atoms with van der Waals surface area (Å²) in [4.78, 5) is 0. The van der Waals surface area contributed by atoms with E-state index in [1.165, 1.54) is 16.7 Å². The summed E-state index contributed by atoms with van der Waals surface area (Å²) in [5.41, 5.74) is 11.4. The quantitative estimate of drug-likeness (QED) is 0.520. The van der Waals surface area contributed by atoms with Gasteiger partial charge in [0, 0.05) is 5.69 Å². The van der Waals surface area contributed by atoms with E-state index in [1.54, 1.807) is 0 Å². The minimum atomic E-state index is 0.780. The topological polar surface area (TPSA) is 26.0 Å². The van der Waals surface area contributed by atoms with Gasteiger partial charge >= 0.3 is 0 Å². The van der Waals surface area contributed by atoms with Crippen molar-refractivity contribution in [2.24, 2.45) is 0 Å². The standard InChI is InChI=1S/C20H17N/c21-19-13-14-20(17-9-5-2-6-10-17)18(15-19)12-11-16-7-3-1-4-8-16/h1-15H,21H2. The van der Waals surface area contributed by atoms with E-state index in [0.29, 0.717) is 0 Å². The van der Waals surface area contributed by atoms with Crippen LogP contribution in [0.4, 0.5) is 5.69 Å². The van der Waals surface area contributed by atoms with Crippen molar-refractivity contribution >= 4 is 17.8 Å². The molecule has 0 aliphatic rings. The van der Waals surface area contributed by atoms with Gasteiger partial charge in [0.2, 0.25) is 0 Å². The highest BCUT2D eigenvalue weighted by Gasteiger charge is 2.02. The summed E-state index contributed by atoms with van der Waals surface area (Å²) in [6.45, 7) is 0. The zero-order chi connectivity index (χ0) is 14.5. The summed E-state index contributed by atoms with van der Waals surface area (Å²) in [6, 6.07) is 26.7. The molecular formula is C20H17N. The molecule has 0 aromatic heterocycles. The van der Waals surface area contributed by atoms with Crippen molar-refractivity contribution in [2.45, 2.75) is 0 Å². The van der Waals surface area contributed by atoms with Crippen LogP contribution in [0.3, 0.4) is 0 Å². The van der Waals surface area contributed by atoms with Gasteiger partial charge < -0.3 is 5.73 Å². The minimum absolute atomic E-state index is 0.780. The summed E-state index contributed by atoms with van der Waals surface area (Å²) in [7, 11) is 0. The molecule has 3 rings (SSSR count). The van der Waals surface area contributed by atoms with Crippen LogP contribution in [0.15, 0.2) is 78.9 Å². The van der Waals surface area contributed by atoms with Crippen molar-refractivity contribution in [1.29, 1.82) is 0 Å². The molecule has 0 saturated heterocycles. The molecule has 21 heavy (non-hydrogen) atoms. The SMILES string of the molecule is Nc1ccc(-c2ccccc2)c(C=Cc2ccccc2)c1. The molecule has 3 aromatic rings. The van der Waals surface area contributed by atoms with Gasteiger partial charge in [-0.1, -0.05) is 78.9 Å². The summed E-state index contributed by atoms with van der Waals surface area (Å²) in [6.07, 6.45) is 4.23. The lowest BCUT2D eigenvalue weighted by atomic mass is 9.98. The molecule has 0 amide bonds. The van der Waals surface area contributed by atoms with Crippen LogP contribution < -0.4 is 5.73 Å². The van der Waals surface area contributed by atoms with Crippen molar-refractivity contribution < 1.29 is 0 Å². The maximum Gasteiger partial charge on any atom is 0.0320 e. The monoisotopic (exact) mass is 271 g/mol. The number of hydrogen-bond acceptors (Lipinski definition) is 1. The molecule has 0 spiro atoms. The van der Waals surface area contributed by atoms with E-state index < -0.39 is 0 Å². The fourth-order valence-corrected chi connectivity index (χ4v) is 2.35. The predicted molar refractivity (Wildman–Crippen MR) is 91.7 cm³/mol. The maximum atomic E-state index is 5.94. The number of nitrogens with two attached hydrogens (primary N) is 1. The minimum Gasteiger partial charge on any atom is -0.399 e. The first-order chi connectivity index (χ1) is 10.3. The van der Waals surface area contributed by atoms with E-state index in [9.17, 15) is 0 Å². The van der Waals surface area contributed by atoms with Crippen molar-refractivity contribution in [3.8, 4) is 11.1 Å². The third-order valence-electron chi connectivity index (χ3n) is 3.42. The first-order valence-electron chi connectivity index (χ1n) is 7.01. The van der Waals surface area contributed by atoms with Crippen LogP contribution in [-0.4, -0.2) is 0 Å². The molecule has 0 aliphatic heterocycles. The molecule has 3 aromatic carbocycles. The molecule has 0 radical (unpaired) electrons. The zero-order valence-corrected chi connectivity index (χ0v) is 11.7. The van der Waals surface area contributed by atoms with Gasteiger partial charge in [0.05, 0.1) is 0 Å². The van der Waals surface area contributed by atoms with Gasteiger partial charge in [0.15, 0.2) is 0 Å². The molecule has 0 unspecified atom stereocenters. The second-order valence-electron chi connectivity index (χ2n) is 4.96. The molecule has 0 atom stereocenters. The average Bonchev–Trinajstić information content (AvgIpc) is 2.55. The van der Waals surface area contributed by atoms with Crippen LogP contribution in [0.25, 0.3) is 23.3 Å². The Morgan fingerprint density at radius 1 is 0.667 bits per heavy atom. The van der Waals surface area contributed by atoms with Crippen LogP contribution in [0, 0.1) is 0 Å². The fourth-order valence-electron chi connectivity index (χ4n) is 2.35. The lowest BCUT2D eigenvalue weighted by Crippen LogP contribution is -1.88. The molecule has 1 heteroatoms. The lowest BCUT2D eigenvalue weighted by molar-refractivity contribution is 1.58. The van der Waals surface area contributed by atoms with E-state index in [2.05, 4.69) is 54.6 Å². The zero-order valence-electron chi connectivity index (χ0n) is 11.7. The van der Waals surface area contributed by atoms with E-state index in [0.717, 1.165) is 11.3 Å². The van der Waals surface area contributed by atoms with Gasteiger partial charge in [-0.3, -0.25) is 0 Å². The van der Waals surface area contributed by atoms with E-state index >= 15 is 0 Å². The Bertz CT molecular complexity index is 743. The normalized spacial score (nSPS) is 10.9. The van der Waals surface area contributed by atoms with Gasteiger partial charge in [-0.2, -0.15) is 0 Å². The van der Waals surface area contributed by atoms with Crippen molar-refractivity contribution in [3.63, 3.8) is 0 Å². The number of hydrogen-bond donors (Lipinski definition) is 1. The van der Waals surface area contributed by atoms with Crippen molar-refractivity contribution in [2.75, 3.05) is 5.73 Å². The fraction of sp³-hybridized carbons (Fsp3) is 0. The first-order valence-corrected chi connectivity index (χ1v) is 7.01. The molecule has 0 fully saturated rings. The van der Waals surface area contributed by atoms with Gasteiger partial charge in [-0.05, 0) is 34.4 Å². The molecule has 1 nitrogen and oxygen atoms in total. The highest BCUT2D eigenvalue weighted by molar-refractivity contribution is 5.82. The number of rotatable bonds is 3.